The number of benzene rings is 3. The predicted molar refractivity (Wildman–Crippen MR) is 154 cm³/mol. The zero-order valence-corrected chi connectivity index (χ0v) is 24.3. The number of halogens is 1. The second-order valence-electron chi connectivity index (χ2n) is 9.15. The third-order valence-corrected chi connectivity index (χ3v) is 8.61. The van der Waals surface area contributed by atoms with Gasteiger partial charge < -0.3 is 15.0 Å². The van der Waals surface area contributed by atoms with Gasteiger partial charge in [0.15, 0.2) is 0 Å². The van der Waals surface area contributed by atoms with E-state index in [4.69, 9.17) is 16.3 Å². The van der Waals surface area contributed by atoms with E-state index < -0.39 is 28.5 Å². The van der Waals surface area contributed by atoms with Gasteiger partial charge in [-0.2, -0.15) is 0 Å². The van der Waals surface area contributed by atoms with Crippen molar-refractivity contribution in [2.75, 3.05) is 24.5 Å². The minimum absolute atomic E-state index is 0.0405. The standard InChI is InChI=1S/C29H34ClN3O5S/c1-6-31-29(35)22(4)32(18-23-12-14-24(38-5)15-13-23)28(34)19-33(27-9-7-8-26(30)21(27)3)39(36,37)25-16-10-20(2)11-17-25/h7-17,22H,6,18-19H2,1-5H3,(H,31,35). The summed E-state index contributed by atoms with van der Waals surface area (Å²) in [5.74, 6) is -0.230. The van der Waals surface area contributed by atoms with E-state index in [1.54, 1.807) is 82.5 Å². The van der Waals surface area contributed by atoms with Crippen LogP contribution in [-0.2, 0) is 26.2 Å². The molecule has 0 aromatic heterocycles. The molecule has 0 saturated heterocycles. The summed E-state index contributed by atoms with van der Waals surface area (Å²) < 4.78 is 34.1. The molecule has 3 aromatic rings. The summed E-state index contributed by atoms with van der Waals surface area (Å²) in [4.78, 5) is 28.1. The van der Waals surface area contributed by atoms with Gasteiger partial charge in [-0.3, -0.25) is 13.9 Å². The Bertz CT molecular complexity index is 1410. The van der Waals surface area contributed by atoms with Crippen LogP contribution in [0.1, 0.15) is 30.5 Å². The molecule has 10 heteroatoms. The van der Waals surface area contributed by atoms with Crippen LogP contribution in [0.4, 0.5) is 5.69 Å². The molecule has 0 saturated carbocycles. The number of hydrogen-bond donors (Lipinski definition) is 1. The van der Waals surface area contributed by atoms with Gasteiger partial charge >= 0.3 is 0 Å². The first-order valence-electron chi connectivity index (χ1n) is 12.5. The lowest BCUT2D eigenvalue weighted by Gasteiger charge is -2.32. The average molecular weight is 572 g/mol. The van der Waals surface area contributed by atoms with E-state index >= 15 is 0 Å². The smallest absolute Gasteiger partial charge is 0.264 e. The molecule has 1 atom stereocenters. The first-order chi connectivity index (χ1) is 18.5. The molecule has 0 spiro atoms. The lowest BCUT2D eigenvalue weighted by Crippen LogP contribution is -2.51. The van der Waals surface area contributed by atoms with Crippen LogP contribution in [-0.4, -0.2) is 51.4 Å². The molecule has 1 N–H and O–H groups in total. The Morgan fingerprint density at radius 3 is 2.23 bits per heavy atom. The van der Waals surface area contributed by atoms with Crippen LogP contribution in [0.2, 0.25) is 5.02 Å². The second kappa shape index (κ2) is 13.0. The molecule has 2 amide bonds. The number of methoxy groups -OCH3 is 1. The Kier molecular flexibility index (Phi) is 9.99. The Hall–Kier alpha value is -3.56. The van der Waals surface area contributed by atoms with E-state index in [9.17, 15) is 18.0 Å². The van der Waals surface area contributed by atoms with Crippen LogP contribution in [0.25, 0.3) is 0 Å². The maximum atomic E-state index is 13.9. The summed E-state index contributed by atoms with van der Waals surface area (Å²) in [6, 6.07) is 17.6. The summed E-state index contributed by atoms with van der Waals surface area (Å²) in [6.07, 6.45) is 0. The van der Waals surface area contributed by atoms with Crippen molar-refractivity contribution in [1.29, 1.82) is 0 Å². The third kappa shape index (κ3) is 7.10. The third-order valence-electron chi connectivity index (χ3n) is 6.43. The number of sulfonamides is 1. The highest BCUT2D eigenvalue weighted by Gasteiger charge is 2.33. The summed E-state index contributed by atoms with van der Waals surface area (Å²) in [5.41, 5.74) is 2.46. The molecule has 39 heavy (non-hydrogen) atoms. The van der Waals surface area contributed by atoms with Crippen LogP contribution >= 0.6 is 11.6 Å². The number of ether oxygens (including phenoxy) is 1. The molecule has 208 valence electrons. The molecule has 1 unspecified atom stereocenters. The highest BCUT2D eigenvalue weighted by molar-refractivity contribution is 7.92. The van der Waals surface area contributed by atoms with E-state index in [-0.39, 0.29) is 23.0 Å². The van der Waals surface area contributed by atoms with Crippen molar-refractivity contribution in [2.45, 2.75) is 45.2 Å². The van der Waals surface area contributed by atoms with Gasteiger partial charge in [0.05, 0.1) is 17.7 Å². The second-order valence-corrected chi connectivity index (χ2v) is 11.4. The molecule has 0 heterocycles. The summed E-state index contributed by atoms with van der Waals surface area (Å²) in [6.45, 7) is 6.92. The van der Waals surface area contributed by atoms with Gasteiger partial charge in [-0.1, -0.05) is 47.5 Å². The van der Waals surface area contributed by atoms with Crippen molar-refractivity contribution < 1.29 is 22.7 Å². The number of likely N-dealkylation sites (N-methyl/N-ethyl adjacent to an activating group) is 1. The van der Waals surface area contributed by atoms with Crippen LogP contribution in [0.15, 0.2) is 71.6 Å². The molecule has 0 bridgehead atoms. The largest absolute Gasteiger partial charge is 0.497 e. The van der Waals surface area contributed by atoms with Crippen molar-refractivity contribution >= 4 is 39.1 Å². The van der Waals surface area contributed by atoms with E-state index in [1.165, 1.54) is 17.0 Å². The number of aryl methyl sites for hydroxylation is 1. The minimum Gasteiger partial charge on any atom is -0.497 e. The molecular weight excluding hydrogens is 538 g/mol. The lowest BCUT2D eigenvalue weighted by molar-refractivity contribution is -0.139. The van der Waals surface area contributed by atoms with Crippen molar-refractivity contribution in [3.63, 3.8) is 0 Å². The summed E-state index contributed by atoms with van der Waals surface area (Å²) >= 11 is 6.35. The molecule has 0 radical (unpaired) electrons. The maximum Gasteiger partial charge on any atom is 0.264 e. The first-order valence-corrected chi connectivity index (χ1v) is 14.4. The topological polar surface area (TPSA) is 96.0 Å². The number of carbonyl (C=O) groups excluding carboxylic acids is 2. The molecule has 8 nitrogen and oxygen atoms in total. The first kappa shape index (κ1) is 30.0. The van der Waals surface area contributed by atoms with E-state index in [1.807, 2.05) is 6.92 Å². The van der Waals surface area contributed by atoms with Crippen molar-refractivity contribution in [3.8, 4) is 5.75 Å². The molecule has 0 aliphatic rings. The molecule has 0 aliphatic heterocycles. The summed E-state index contributed by atoms with van der Waals surface area (Å²) in [5, 5.41) is 3.12. The molecule has 0 fully saturated rings. The highest BCUT2D eigenvalue weighted by Crippen LogP contribution is 2.31. The van der Waals surface area contributed by atoms with Crippen molar-refractivity contribution in [1.82, 2.24) is 10.2 Å². The van der Waals surface area contributed by atoms with Crippen LogP contribution in [0.5, 0.6) is 5.75 Å². The monoisotopic (exact) mass is 571 g/mol. The number of carbonyl (C=O) groups is 2. The van der Waals surface area contributed by atoms with Gasteiger partial charge in [-0.15, -0.1) is 0 Å². The van der Waals surface area contributed by atoms with E-state index in [2.05, 4.69) is 5.32 Å². The number of nitrogens with one attached hydrogen (secondary N) is 1. The lowest BCUT2D eigenvalue weighted by atomic mass is 10.1. The SMILES string of the molecule is CCNC(=O)C(C)N(Cc1ccc(OC)cc1)C(=O)CN(c1cccc(Cl)c1C)S(=O)(=O)c1ccc(C)cc1. The number of rotatable bonds is 11. The van der Waals surface area contributed by atoms with E-state index in [0.29, 0.717) is 22.9 Å². The Labute approximate surface area is 235 Å². The quantitative estimate of drug-likeness (QED) is 0.359. The number of amides is 2. The fraction of sp³-hybridized carbons (Fsp3) is 0.310. The molecule has 3 rings (SSSR count). The van der Waals surface area contributed by atoms with E-state index in [0.717, 1.165) is 15.4 Å². The van der Waals surface area contributed by atoms with Crippen LogP contribution in [0.3, 0.4) is 0 Å². The summed E-state index contributed by atoms with van der Waals surface area (Å²) in [7, 11) is -2.61. The molecular formula is C29H34ClN3O5S. The number of nitrogens with zero attached hydrogens (tertiary/aromatic N) is 2. The average Bonchev–Trinajstić information content (AvgIpc) is 2.92. The van der Waals surface area contributed by atoms with Crippen molar-refractivity contribution in [3.05, 3.63) is 88.4 Å². The Balaban J connectivity index is 2.06. The number of anilines is 1. The fourth-order valence-electron chi connectivity index (χ4n) is 4.05. The van der Waals surface area contributed by atoms with Gasteiger partial charge in [0.2, 0.25) is 11.8 Å². The fourth-order valence-corrected chi connectivity index (χ4v) is 5.69. The van der Waals surface area contributed by atoms with Crippen LogP contribution < -0.4 is 14.4 Å². The van der Waals surface area contributed by atoms with Gasteiger partial charge in [-0.25, -0.2) is 8.42 Å². The predicted octanol–water partition coefficient (Wildman–Crippen LogP) is 4.71. The van der Waals surface area contributed by atoms with Gasteiger partial charge in [0, 0.05) is 18.1 Å². The Morgan fingerprint density at radius 2 is 1.64 bits per heavy atom. The van der Waals surface area contributed by atoms with Crippen LogP contribution in [0, 0.1) is 13.8 Å². The van der Waals surface area contributed by atoms with Gasteiger partial charge in [0.25, 0.3) is 10.0 Å². The molecule has 0 aliphatic carbocycles. The van der Waals surface area contributed by atoms with Gasteiger partial charge in [-0.05, 0) is 75.2 Å². The van der Waals surface area contributed by atoms with Gasteiger partial charge in [0.1, 0.15) is 18.3 Å². The molecule has 3 aromatic carbocycles. The maximum absolute atomic E-state index is 13.9. The Morgan fingerprint density at radius 1 is 1.00 bits per heavy atom. The van der Waals surface area contributed by atoms with Crippen molar-refractivity contribution in [2.24, 2.45) is 0 Å². The zero-order valence-electron chi connectivity index (χ0n) is 22.8. The number of hydrogen-bond acceptors (Lipinski definition) is 5. The normalized spacial score (nSPS) is 11.9. The highest BCUT2D eigenvalue weighted by atomic mass is 35.5. The zero-order chi connectivity index (χ0) is 28.7. The minimum atomic E-state index is -4.17.